The van der Waals surface area contributed by atoms with Crippen LogP contribution in [0, 0.1) is 12.8 Å². The first-order valence-corrected chi connectivity index (χ1v) is 7.55. The fraction of sp³-hybridized carbons (Fsp3) is 0.500. The molecule has 0 spiro atoms. The number of furan rings is 1. The molecule has 0 saturated carbocycles. The molecule has 1 N–H and O–H groups in total. The number of imidazole rings is 1. The summed E-state index contributed by atoms with van der Waals surface area (Å²) >= 11 is 0. The zero-order valence-electron chi connectivity index (χ0n) is 12.6. The molecule has 5 heteroatoms. The van der Waals surface area contributed by atoms with E-state index in [-0.39, 0.29) is 5.91 Å². The highest BCUT2D eigenvalue weighted by Gasteiger charge is 2.21. The van der Waals surface area contributed by atoms with Gasteiger partial charge in [-0.3, -0.25) is 4.79 Å². The van der Waals surface area contributed by atoms with Crippen LogP contribution in [0.1, 0.15) is 41.0 Å². The van der Waals surface area contributed by atoms with Crippen LogP contribution in [0.15, 0.2) is 22.9 Å². The molecule has 1 aliphatic rings. The van der Waals surface area contributed by atoms with E-state index in [0.717, 1.165) is 43.0 Å². The lowest BCUT2D eigenvalue weighted by atomic mass is 9.98. The quantitative estimate of drug-likeness (QED) is 0.939. The Morgan fingerprint density at radius 1 is 1.57 bits per heavy atom. The summed E-state index contributed by atoms with van der Waals surface area (Å²) in [6.07, 6.45) is 6.66. The summed E-state index contributed by atoms with van der Waals surface area (Å²) in [6, 6.07) is 1.82. The molecule has 0 aromatic carbocycles. The molecule has 3 rings (SSSR count). The van der Waals surface area contributed by atoms with Crippen molar-refractivity contribution in [2.75, 3.05) is 6.54 Å². The molecule has 1 amide bonds. The molecule has 2 aromatic heterocycles. The normalized spacial score (nSPS) is 17.5. The number of aromatic nitrogens is 2. The molecule has 0 aliphatic carbocycles. The molecule has 5 nitrogen and oxygen atoms in total. The highest BCUT2D eigenvalue weighted by atomic mass is 16.4. The van der Waals surface area contributed by atoms with Crippen LogP contribution in [-0.4, -0.2) is 22.0 Å². The minimum Gasteiger partial charge on any atom is -0.456 e. The van der Waals surface area contributed by atoms with Gasteiger partial charge in [-0.05, 0) is 30.9 Å². The van der Waals surface area contributed by atoms with Crippen molar-refractivity contribution in [1.82, 2.24) is 14.9 Å². The van der Waals surface area contributed by atoms with Gasteiger partial charge in [0.1, 0.15) is 11.6 Å². The number of carbonyl (C=O) groups excluding carboxylic acids is 1. The Bertz CT molecular complexity index is 642. The molecule has 0 radical (unpaired) electrons. The van der Waals surface area contributed by atoms with Gasteiger partial charge in [0.2, 0.25) is 0 Å². The second-order valence-corrected chi connectivity index (χ2v) is 5.68. The van der Waals surface area contributed by atoms with Crippen LogP contribution in [-0.2, 0) is 19.4 Å². The van der Waals surface area contributed by atoms with E-state index >= 15 is 0 Å². The highest BCUT2D eigenvalue weighted by Crippen LogP contribution is 2.19. The van der Waals surface area contributed by atoms with E-state index in [9.17, 15) is 4.79 Å². The Morgan fingerprint density at radius 2 is 2.43 bits per heavy atom. The van der Waals surface area contributed by atoms with Crippen LogP contribution < -0.4 is 5.32 Å². The van der Waals surface area contributed by atoms with Crippen molar-refractivity contribution in [3.63, 3.8) is 0 Å². The maximum absolute atomic E-state index is 12.1. The average molecular weight is 287 g/mol. The molecule has 1 atom stereocenters. The molecule has 1 aliphatic heterocycles. The number of aryl methyl sites for hydroxylation is 3. The molecule has 0 bridgehead atoms. The topological polar surface area (TPSA) is 60.1 Å². The predicted octanol–water partition coefficient (Wildman–Crippen LogP) is 2.34. The zero-order chi connectivity index (χ0) is 14.8. The maximum Gasteiger partial charge on any atom is 0.287 e. The van der Waals surface area contributed by atoms with E-state index in [1.807, 2.05) is 32.3 Å². The average Bonchev–Trinajstić information content (AvgIpc) is 3.10. The van der Waals surface area contributed by atoms with E-state index in [1.165, 1.54) is 0 Å². The molecule has 0 saturated heterocycles. The third-order valence-corrected chi connectivity index (χ3v) is 4.17. The van der Waals surface area contributed by atoms with E-state index < -0.39 is 0 Å². The fourth-order valence-electron chi connectivity index (χ4n) is 2.90. The largest absolute Gasteiger partial charge is 0.456 e. The number of rotatable bonds is 4. The first-order chi connectivity index (χ1) is 10.2. The standard InChI is InChI=1S/C16H21N3O2/c1-3-13-11(2)8-14(21-13)16(20)18-10-12-4-6-19-7-5-17-15(19)9-12/h5,7-8,12H,3-4,6,9-10H2,1-2H3,(H,18,20)/t12-/m0/s1. The monoisotopic (exact) mass is 287 g/mol. The number of fused-ring (bicyclic) bond motifs is 1. The van der Waals surface area contributed by atoms with Gasteiger partial charge in [0, 0.05) is 38.3 Å². The minimum atomic E-state index is -0.119. The number of nitrogens with one attached hydrogen (secondary N) is 1. The van der Waals surface area contributed by atoms with Crippen LogP contribution in [0.2, 0.25) is 0 Å². The maximum atomic E-state index is 12.1. The number of nitrogens with zero attached hydrogens (tertiary/aromatic N) is 2. The molecule has 112 valence electrons. The van der Waals surface area contributed by atoms with Gasteiger partial charge in [-0.15, -0.1) is 0 Å². The van der Waals surface area contributed by atoms with Crippen LogP contribution in [0.3, 0.4) is 0 Å². The lowest BCUT2D eigenvalue weighted by Crippen LogP contribution is -2.33. The summed E-state index contributed by atoms with van der Waals surface area (Å²) in [7, 11) is 0. The van der Waals surface area contributed by atoms with E-state index in [0.29, 0.717) is 18.2 Å². The molecular weight excluding hydrogens is 266 g/mol. The summed E-state index contributed by atoms with van der Waals surface area (Å²) in [6.45, 7) is 5.65. The Hall–Kier alpha value is -2.04. The Morgan fingerprint density at radius 3 is 3.19 bits per heavy atom. The number of hydrogen-bond donors (Lipinski definition) is 1. The molecule has 0 unspecified atom stereocenters. The fourth-order valence-corrected chi connectivity index (χ4v) is 2.90. The van der Waals surface area contributed by atoms with Gasteiger partial charge in [-0.2, -0.15) is 0 Å². The van der Waals surface area contributed by atoms with Gasteiger partial charge >= 0.3 is 0 Å². The summed E-state index contributed by atoms with van der Waals surface area (Å²) in [5.74, 6) is 2.75. The lowest BCUT2D eigenvalue weighted by molar-refractivity contribution is 0.0915. The van der Waals surface area contributed by atoms with Gasteiger partial charge in [-0.1, -0.05) is 6.92 Å². The van der Waals surface area contributed by atoms with Crippen molar-refractivity contribution in [3.05, 3.63) is 41.4 Å². The second-order valence-electron chi connectivity index (χ2n) is 5.68. The van der Waals surface area contributed by atoms with Gasteiger partial charge in [0.25, 0.3) is 5.91 Å². The van der Waals surface area contributed by atoms with E-state index in [1.54, 1.807) is 0 Å². The van der Waals surface area contributed by atoms with Gasteiger partial charge < -0.3 is 14.3 Å². The van der Waals surface area contributed by atoms with Crippen molar-refractivity contribution in [2.45, 2.75) is 39.7 Å². The molecule has 2 aromatic rings. The van der Waals surface area contributed by atoms with Crippen LogP contribution >= 0.6 is 0 Å². The van der Waals surface area contributed by atoms with Crippen molar-refractivity contribution in [2.24, 2.45) is 5.92 Å². The molecule has 0 fully saturated rings. The predicted molar refractivity (Wildman–Crippen MR) is 79.2 cm³/mol. The minimum absolute atomic E-state index is 0.119. The lowest BCUT2D eigenvalue weighted by Gasteiger charge is -2.23. The molecule has 3 heterocycles. The highest BCUT2D eigenvalue weighted by molar-refractivity contribution is 5.91. The zero-order valence-corrected chi connectivity index (χ0v) is 12.6. The third-order valence-electron chi connectivity index (χ3n) is 4.17. The van der Waals surface area contributed by atoms with Crippen LogP contribution in [0.25, 0.3) is 0 Å². The van der Waals surface area contributed by atoms with Crippen LogP contribution in [0.4, 0.5) is 0 Å². The smallest absolute Gasteiger partial charge is 0.287 e. The van der Waals surface area contributed by atoms with Crippen molar-refractivity contribution < 1.29 is 9.21 Å². The van der Waals surface area contributed by atoms with Crippen LogP contribution in [0.5, 0.6) is 0 Å². The number of amides is 1. The Kier molecular flexibility index (Phi) is 3.82. The summed E-state index contributed by atoms with van der Waals surface area (Å²) < 4.78 is 7.76. The van der Waals surface area contributed by atoms with E-state index in [2.05, 4.69) is 14.9 Å². The first kappa shape index (κ1) is 13.9. The van der Waals surface area contributed by atoms with Gasteiger partial charge in [0.15, 0.2) is 5.76 Å². The SMILES string of the molecule is CCc1oc(C(=O)NC[C@H]2CCn3ccnc3C2)cc1C. The third kappa shape index (κ3) is 2.86. The number of hydrogen-bond acceptors (Lipinski definition) is 3. The second kappa shape index (κ2) is 5.76. The Balaban J connectivity index is 1.56. The van der Waals surface area contributed by atoms with Gasteiger partial charge in [0.05, 0.1) is 0 Å². The first-order valence-electron chi connectivity index (χ1n) is 7.55. The molecular formula is C16H21N3O2. The van der Waals surface area contributed by atoms with E-state index in [4.69, 9.17) is 4.42 Å². The summed E-state index contributed by atoms with van der Waals surface area (Å²) in [5.41, 5.74) is 1.04. The summed E-state index contributed by atoms with van der Waals surface area (Å²) in [5, 5.41) is 2.99. The van der Waals surface area contributed by atoms with Crippen molar-refractivity contribution in [3.8, 4) is 0 Å². The summed E-state index contributed by atoms with van der Waals surface area (Å²) in [4.78, 5) is 16.5. The van der Waals surface area contributed by atoms with Crippen molar-refractivity contribution in [1.29, 1.82) is 0 Å². The number of carbonyl (C=O) groups is 1. The molecule has 21 heavy (non-hydrogen) atoms. The van der Waals surface area contributed by atoms with Crippen molar-refractivity contribution >= 4 is 5.91 Å². The van der Waals surface area contributed by atoms with Gasteiger partial charge in [-0.25, -0.2) is 4.98 Å². The Labute approximate surface area is 124 Å².